The van der Waals surface area contributed by atoms with Crippen molar-refractivity contribution in [2.75, 3.05) is 20.2 Å². The van der Waals surface area contributed by atoms with Crippen LogP contribution in [0.25, 0.3) is 0 Å². The highest BCUT2D eigenvalue weighted by Gasteiger charge is 1.76. The van der Waals surface area contributed by atoms with Gasteiger partial charge in [0.05, 0.1) is 0 Å². The molecule has 0 saturated carbocycles. The molecule has 0 aromatic carbocycles. The first-order chi connectivity index (χ1) is 3.91. The molecule has 1 N–H and O–H groups in total. The van der Waals surface area contributed by atoms with Crippen LogP contribution in [-0.4, -0.2) is 26.4 Å². The summed E-state index contributed by atoms with van der Waals surface area (Å²) >= 11 is 0. The van der Waals surface area contributed by atoms with Gasteiger partial charge in [-0.3, -0.25) is 0 Å². The average molecular weight is 116 g/mol. The minimum Gasteiger partial charge on any atom is -0.395 e. The van der Waals surface area contributed by atoms with E-state index in [1.807, 2.05) is 14.0 Å². The molecule has 0 heterocycles. The highest BCUT2D eigenvalue weighted by molar-refractivity contribution is 5.52. The normalized spacial score (nSPS) is 10.2. The van der Waals surface area contributed by atoms with Gasteiger partial charge in [-0.15, -0.1) is 0 Å². The topological polar surface area (TPSA) is 33.6 Å². The van der Waals surface area contributed by atoms with Crippen LogP contribution in [0.3, 0.4) is 0 Å². The second-order valence-corrected chi connectivity index (χ2v) is 1.30. The molecule has 0 aliphatic heterocycles. The zero-order valence-corrected chi connectivity index (χ0v) is 5.35. The quantitative estimate of drug-likeness (QED) is 0.324. The first kappa shape index (κ1) is 7.43. The summed E-state index contributed by atoms with van der Waals surface area (Å²) < 4.78 is 0. The lowest BCUT2D eigenvalue weighted by molar-refractivity contribution is 0.149. The predicted molar refractivity (Wildman–Crippen MR) is 34.0 cm³/mol. The van der Waals surface area contributed by atoms with E-state index in [4.69, 9.17) is 4.84 Å². The molecule has 0 atom stereocenters. The fourth-order valence-electron chi connectivity index (χ4n) is 0.275. The Morgan fingerprint density at radius 1 is 1.75 bits per heavy atom. The fourth-order valence-corrected chi connectivity index (χ4v) is 0.275. The minimum absolute atomic E-state index is 0.640. The van der Waals surface area contributed by atoms with Crippen LogP contribution in [0, 0.1) is 0 Å². The monoisotopic (exact) mass is 116 g/mol. The first-order valence-corrected chi connectivity index (χ1v) is 2.66. The zero-order chi connectivity index (χ0) is 6.24. The Morgan fingerprint density at radius 3 is 3.00 bits per heavy atom. The summed E-state index contributed by atoms with van der Waals surface area (Å²) in [6.07, 6.45) is 1.62. The molecule has 3 nitrogen and oxygen atoms in total. The molecule has 0 radical (unpaired) electrons. The van der Waals surface area contributed by atoms with Crippen molar-refractivity contribution >= 4 is 6.21 Å². The zero-order valence-electron chi connectivity index (χ0n) is 5.35. The van der Waals surface area contributed by atoms with Gasteiger partial charge in [-0.2, -0.15) is 0 Å². The third-order valence-corrected chi connectivity index (χ3v) is 0.623. The van der Waals surface area contributed by atoms with Crippen molar-refractivity contribution in [2.24, 2.45) is 5.16 Å². The summed E-state index contributed by atoms with van der Waals surface area (Å²) in [4.78, 5) is 4.73. The Labute approximate surface area is 49.7 Å². The number of hydrogen-bond acceptors (Lipinski definition) is 3. The SMILES string of the molecule is C/C=N/OCCNC. The van der Waals surface area contributed by atoms with Gasteiger partial charge in [0.15, 0.2) is 0 Å². The summed E-state index contributed by atoms with van der Waals surface area (Å²) in [5, 5.41) is 6.47. The van der Waals surface area contributed by atoms with Crippen molar-refractivity contribution in [3.8, 4) is 0 Å². The number of hydrogen-bond donors (Lipinski definition) is 1. The maximum atomic E-state index is 4.73. The van der Waals surface area contributed by atoms with Gasteiger partial charge in [0.1, 0.15) is 6.61 Å². The molecule has 0 unspecified atom stereocenters. The van der Waals surface area contributed by atoms with Crippen molar-refractivity contribution in [2.45, 2.75) is 6.92 Å². The van der Waals surface area contributed by atoms with Gasteiger partial charge in [-0.05, 0) is 14.0 Å². The molecule has 8 heavy (non-hydrogen) atoms. The standard InChI is InChI=1S/C5H12N2O/c1-3-7-8-5-4-6-2/h3,6H,4-5H2,1-2H3/b7-3+. The van der Waals surface area contributed by atoms with Gasteiger partial charge in [0, 0.05) is 12.8 Å². The maximum absolute atomic E-state index is 4.73. The van der Waals surface area contributed by atoms with Gasteiger partial charge in [0.25, 0.3) is 0 Å². The van der Waals surface area contributed by atoms with Crippen LogP contribution >= 0.6 is 0 Å². The van der Waals surface area contributed by atoms with Crippen LogP contribution in [0.5, 0.6) is 0 Å². The molecular formula is C5H12N2O. The molecular weight excluding hydrogens is 104 g/mol. The van der Waals surface area contributed by atoms with E-state index in [1.54, 1.807) is 6.21 Å². The molecule has 3 heteroatoms. The van der Waals surface area contributed by atoms with Crippen molar-refractivity contribution in [1.82, 2.24) is 5.32 Å². The van der Waals surface area contributed by atoms with E-state index in [1.165, 1.54) is 0 Å². The average Bonchev–Trinajstić information content (AvgIpc) is 1.81. The summed E-state index contributed by atoms with van der Waals surface area (Å²) in [7, 11) is 1.87. The fraction of sp³-hybridized carbons (Fsp3) is 0.800. The van der Waals surface area contributed by atoms with E-state index in [2.05, 4.69) is 10.5 Å². The van der Waals surface area contributed by atoms with Crippen LogP contribution in [0.15, 0.2) is 5.16 Å². The van der Waals surface area contributed by atoms with Crippen molar-refractivity contribution < 1.29 is 4.84 Å². The van der Waals surface area contributed by atoms with Gasteiger partial charge in [-0.1, -0.05) is 5.16 Å². The smallest absolute Gasteiger partial charge is 0.129 e. The summed E-state index contributed by atoms with van der Waals surface area (Å²) in [5.41, 5.74) is 0. The van der Waals surface area contributed by atoms with Crippen molar-refractivity contribution in [1.29, 1.82) is 0 Å². The third kappa shape index (κ3) is 5.43. The van der Waals surface area contributed by atoms with E-state index < -0.39 is 0 Å². The number of likely N-dealkylation sites (N-methyl/N-ethyl adjacent to an activating group) is 1. The van der Waals surface area contributed by atoms with Crippen molar-refractivity contribution in [3.63, 3.8) is 0 Å². The number of rotatable bonds is 4. The Bertz CT molecular complexity index is 63.4. The summed E-state index contributed by atoms with van der Waals surface area (Å²) in [6.45, 7) is 3.30. The predicted octanol–water partition coefficient (Wildman–Crippen LogP) is 0.228. The van der Waals surface area contributed by atoms with Crippen LogP contribution in [0.4, 0.5) is 0 Å². The first-order valence-electron chi connectivity index (χ1n) is 2.66. The van der Waals surface area contributed by atoms with Crippen LogP contribution in [0.1, 0.15) is 6.92 Å². The second kappa shape index (κ2) is 6.43. The molecule has 0 spiro atoms. The van der Waals surface area contributed by atoms with Crippen LogP contribution < -0.4 is 5.32 Å². The summed E-state index contributed by atoms with van der Waals surface area (Å²) in [6, 6.07) is 0. The van der Waals surface area contributed by atoms with Crippen molar-refractivity contribution in [3.05, 3.63) is 0 Å². The van der Waals surface area contributed by atoms with Gasteiger partial charge >= 0.3 is 0 Å². The lowest BCUT2D eigenvalue weighted by Crippen LogP contribution is -2.12. The number of nitrogens with zero attached hydrogens (tertiary/aromatic N) is 1. The Hall–Kier alpha value is -0.570. The second-order valence-electron chi connectivity index (χ2n) is 1.30. The minimum atomic E-state index is 0.640. The van der Waals surface area contributed by atoms with Gasteiger partial charge < -0.3 is 10.2 Å². The molecule has 0 bridgehead atoms. The maximum Gasteiger partial charge on any atom is 0.129 e. The highest BCUT2D eigenvalue weighted by atomic mass is 16.6. The van der Waals surface area contributed by atoms with E-state index in [0.717, 1.165) is 6.54 Å². The molecule has 0 fully saturated rings. The molecule has 0 aliphatic carbocycles. The lowest BCUT2D eigenvalue weighted by atomic mass is 10.7. The Kier molecular flexibility index (Phi) is 5.97. The lowest BCUT2D eigenvalue weighted by Gasteiger charge is -1.94. The third-order valence-electron chi connectivity index (χ3n) is 0.623. The van der Waals surface area contributed by atoms with Crippen LogP contribution in [0.2, 0.25) is 0 Å². The summed E-state index contributed by atoms with van der Waals surface area (Å²) in [5.74, 6) is 0. The number of oxime groups is 1. The highest BCUT2D eigenvalue weighted by Crippen LogP contribution is 1.69. The Balaban J connectivity index is 2.72. The molecule has 0 rings (SSSR count). The van der Waals surface area contributed by atoms with E-state index >= 15 is 0 Å². The van der Waals surface area contributed by atoms with E-state index in [9.17, 15) is 0 Å². The molecule has 0 aromatic heterocycles. The van der Waals surface area contributed by atoms with Crippen LogP contribution in [-0.2, 0) is 4.84 Å². The van der Waals surface area contributed by atoms with E-state index in [0.29, 0.717) is 6.61 Å². The number of nitrogens with one attached hydrogen (secondary N) is 1. The largest absolute Gasteiger partial charge is 0.395 e. The Morgan fingerprint density at radius 2 is 2.50 bits per heavy atom. The molecule has 0 aliphatic rings. The molecule has 0 aromatic rings. The van der Waals surface area contributed by atoms with Gasteiger partial charge in [-0.25, -0.2) is 0 Å². The van der Waals surface area contributed by atoms with E-state index in [-0.39, 0.29) is 0 Å². The van der Waals surface area contributed by atoms with Gasteiger partial charge in [0.2, 0.25) is 0 Å². The molecule has 0 saturated heterocycles. The molecule has 48 valence electrons. The molecule has 0 amide bonds.